The van der Waals surface area contributed by atoms with Gasteiger partial charge in [-0.25, -0.2) is 4.98 Å². The summed E-state index contributed by atoms with van der Waals surface area (Å²) in [7, 11) is 1.70. The molecule has 0 spiro atoms. The predicted molar refractivity (Wildman–Crippen MR) is 53.5 cm³/mol. The van der Waals surface area contributed by atoms with Crippen LogP contribution < -0.4 is 5.56 Å². The standard InChI is InChI=1S/C8H9ClN4O/c1-3-13-4-10-6-5(7(13)14)12(2)8(9)11-6/h4H,3H2,1-2H3. The van der Waals surface area contributed by atoms with E-state index < -0.39 is 0 Å². The van der Waals surface area contributed by atoms with Gasteiger partial charge in [-0.05, 0) is 18.5 Å². The Kier molecular flexibility index (Phi) is 2.03. The molecule has 2 rings (SSSR count). The third kappa shape index (κ3) is 1.13. The van der Waals surface area contributed by atoms with Crippen LogP contribution in [0, 0.1) is 0 Å². The number of hydrogen-bond acceptors (Lipinski definition) is 3. The van der Waals surface area contributed by atoms with Crippen molar-refractivity contribution in [3.8, 4) is 0 Å². The van der Waals surface area contributed by atoms with E-state index in [9.17, 15) is 4.79 Å². The number of nitrogens with zero attached hydrogens (tertiary/aromatic N) is 4. The Morgan fingerprint density at radius 2 is 2.29 bits per heavy atom. The van der Waals surface area contributed by atoms with E-state index in [1.165, 1.54) is 10.9 Å². The molecular formula is C8H9ClN4O. The Balaban J connectivity index is 2.94. The Morgan fingerprint density at radius 1 is 1.57 bits per heavy atom. The first-order valence-corrected chi connectivity index (χ1v) is 4.60. The molecule has 74 valence electrons. The van der Waals surface area contributed by atoms with E-state index in [4.69, 9.17) is 11.6 Å². The first-order chi connectivity index (χ1) is 6.65. The average Bonchev–Trinajstić information content (AvgIpc) is 2.44. The van der Waals surface area contributed by atoms with Gasteiger partial charge in [-0.15, -0.1) is 0 Å². The van der Waals surface area contributed by atoms with Crippen LogP contribution in [0.2, 0.25) is 5.28 Å². The molecule has 0 aliphatic carbocycles. The molecule has 0 N–H and O–H groups in total. The molecule has 2 aromatic heterocycles. The number of imidazole rings is 1. The van der Waals surface area contributed by atoms with Crippen LogP contribution in [-0.4, -0.2) is 19.1 Å². The molecule has 0 aromatic carbocycles. The smallest absolute Gasteiger partial charge is 0.279 e. The van der Waals surface area contributed by atoms with Gasteiger partial charge in [-0.2, -0.15) is 4.98 Å². The number of fused-ring (bicyclic) bond motifs is 1. The summed E-state index contributed by atoms with van der Waals surface area (Å²) in [5, 5.41) is 0.276. The Labute approximate surface area is 85.0 Å². The van der Waals surface area contributed by atoms with Gasteiger partial charge in [-0.3, -0.25) is 9.36 Å². The largest absolute Gasteiger partial charge is 0.312 e. The highest BCUT2D eigenvalue weighted by atomic mass is 35.5. The SMILES string of the molecule is CCn1cnc2nc(Cl)n(C)c2c1=O. The van der Waals surface area contributed by atoms with Gasteiger partial charge >= 0.3 is 0 Å². The highest BCUT2D eigenvalue weighted by Gasteiger charge is 2.11. The normalized spacial score (nSPS) is 11.1. The van der Waals surface area contributed by atoms with Crippen molar-refractivity contribution in [2.75, 3.05) is 0 Å². The lowest BCUT2D eigenvalue weighted by atomic mass is 10.5. The van der Waals surface area contributed by atoms with Gasteiger partial charge in [0.25, 0.3) is 5.56 Å². The van der Waals surface area contributed by atoms with Gasteiger partial charge in [-0.1, -0.05) is 0 Å². The fraction of sp³-hybridized carbons (Fsp3) is 0.375. The molecule has 5 nitrogen and oxygen atoms in total. The maximum atomic E-state index is 11.8. The minimum absolute atomic E-state index is 0.112. The number of aryl methyl sites for hydroxylation is 2. The Hall–Kier alpha value is -1.36. The second kappa shape index (κ2) is 3.09. The van der Waals surface area contributed by atoms with Gasteiger partial charge in [0.15, 0.2) is 11.2 Å². The molecule has 0 amide bonds. The lowest BCUT2D eigenvalue weighted by Crippen LogP contribution is -2.21. The lowest BCUT2D eigenvalue weighted by Gasteiger charge is -2.00. The molecule has 0 aliphatic rings. The van der Waals surface area contributed by atoms with E-state index >= 15 is 0 Å². The van der Waals surface area contributed by atoms with E-state index in [-0.39, 0.29) is 10.8 Å². The van der Waals surface area contributed by atoms with Crippen molar-refractivity contribution in [3.05, 3.63) is 22.0 Å². The summed E-state index contributed by atoms with van der Waals surface area (Å²) in [6, 6.07) is 0. The van der Waals surface area contributed by atoms with E-state index in [1.807, 2.05) is 6.92 Å². The maximum absolute atomic E-state index is 11.8. The fourth-order valence-corrected chi connectivity index (χ4v) is 1.49. The fourth-order valence-electron chi connectivity index (χ4n) is 1.32. The molecular weight excluding hydrogens is 204 g/mol. The molecule has 0 fully saturated rings. The van der Waals surface area contributed by atoms with Crippen molar-refractivity contribution in [2.24, 2.45) is 7.05 Å². The second-order valence-corrected chi connectivity index (χ2v) is 3.29. The van der Waals surface area contributed by atoms with Crippen molar-refractivity contribution in [3.63, 3.8) is 0 Å². The molecule has 0 unspecified atom stereocenters. The number of rotatable bonds is 1. The van der Waals surface area contributed by atoms with Gasteiger partial charge in [0, 0.05) is 13.6 Å². The molecule has 0 saturated carbocycles. The Morgan fingerprint density at radius 3 is 2.93 bits per heavy atom. The number of halogens is 1. The minimum Gasteiger partial charge on any atom is -0.312 e. The van der Waals surface area contributed by atoms with Crippen molar-refractivity contribution >= 4 is 22.8 Å². The summed E-state index contributed by atoms with van der Waals surface area (Å²) in [5.41, 5.74) is 0.728. The van der Waals surface area contributed by atoms with Crippen LogP contribution in [-0.2, 0) is 13.6 Å². The molecule has 0 bridgehead atoms. The molecule has 0 saturated heterocycles. The van der Waals surface area contributed by atoms with Gasteiger partial charge in [0.05, 0.1) is 0 Å². The Bertz CT molecular complexity index is 542. The van der Waals surface area contributed by atoms with Crippen molar-refractivity contribution in [1.29, 1.82) is 0 Å². The number of aromatic nitrogens is 4. The summed E-state index contributed by atoms with van der Waals surface area (Å²) in [6.45, 7) is 2.47. The van der Waals surface area contributed by atoms with Gasteiger partial charge < -0.3 is 4.57 Å². The quantitative estimate of drug-likeness (QED) is 0.658. The number of hydrogen-bond donors (Lipinski definition) is 0. The minimum atomic E-state index is -0.112. The predicted octanol–water partition coefficient (Wildman–Crippen LogP) is 0.803. The van der Waals surface area contributed by atoms with Crippen LogP contribution in [0.15, 0.2) is 11.1 Å². The molecule has 0 radical (unpaired) electrons. The van der Waals surface area contributed by atoms with E-state index in [0.29, 0.717) is 17.7 Å². The van der Waals surface area contributed by atoms with Crippen LogP contribution >= 0.6 is 11.6 Å². The van der Waals surface area contributed by atoms with E-state index in [2.05, 4.69) is 9.97 Å². The molecule has 6 heteroatoms. The van der Waals surface area contributed by atoms with E-state index in [1.54, 1.807) is 11.6 Å². The lowest BCUT2D eigenvalue weighted by molar-refractivity contribution is 0.712. The topological polar surface area (TPSA) is 52.7 Å². The summed E-state index contributed by atoms with van der Waals surface area (Å²) in [5.74, 6) is 0. The molecule has 2 heterocycles. The zero-order valence-corrected chi connectivity index (χ0v) is 8.62. The summed E-state index contributed by atoms with van der Waals surface area (Å²) in [6.07, 6.45) is 1.48. The van der Waals surface area contributed by atoms with Gasteiger partial charge in [0.1, 0.15) is 6.33 Å². The van der Waals surface area contributed by atoms with Crippen molar-refractivity contribution < 1.29 is 0 Å². The third-order valence-electron chi connectivity index (χ3n) is 2.15. The summed E-state index contributed by atoms with van der Waals surface area (Å²) < 4.78 is 3.05. The van der Waals surface area contributed by atoms with Gasteiger partial charge in [0.2, 0.25) is 5.28 Å². The molecule has 0 atom stereocenters. The van der Waals surface area contributed by atoms with Crippen LogP contribution in [0.25, 0.3) is 11.2 Å². The van der Waals surface area contributed by atoms with Crippen LogP contribution in [0.3, 0.4) is 0 Å². The summed E-state index contributed by atoms with van der Waals surface area (Å²) in [4.78, 5) is 19.8. The molecule has 14 heavy (non-hydrogen) atoms. The molecule has 0 aliphatic heterocycles. The first kappa shape index (κ1) is 9.21. The average molecular weight is 213 g/mol. The monoisotopic (exact) mass is 212 g/mol. The second-order valence-electron chi connectivity index (χ2n) is 2.95. The summed E-state index contributed by atoms with van der Waals surface area (Å²) >= 11 is 5.78. The van der Waals surface area contributed by atoms with E-state index in [0.717, 1.165) is 0 Å². The zero-order chi connectivity index (χ0) is 10.3. The first-order valence-electron chi connectivity index (χ1n) is 4.22. The van der Waals surface area contributed by atoms with Crippen LogP contribution in [0.1, 0.15) is 6.92 Å². The van der Waals surface area contributed by atoms with Crippen LogP contribution in [0.5, 0.6) is 0 Å². The maximum Gasteiger partial charge on any atom is 0.279 e. The third-order valence-corrected chi connectivity index (χ3v) is 2.48. The van der Waals surface area contributed by atoms with Crippen LogP contribution in [0.4, 0.5) is 0 Å². The van der Waals surface area contributed by atoms with Crippen molar-refractivity contribution in [1.82, 2.24) is 19.1 Å². The highest BCUT2D eigenvalue weighted by Crippen LogP contribution is 2.11. The van der Waals surface area contributed by atoms with Crippen molar-refractivity contribution in [2.45, 2.75) is 13.5 Å². The zero-order valence-electron chi connectivity index (χ0n) is 7.86. The molecule has 2 aromatic rings. The highest BCUT2D eigenvalue weighted by molar-refractivity contribution is 6.29.